The summed E-state index contributed by atoms with van der Waals surface area (Å²) in [5.41, 5.74) is 2.40. The van der Waals surface area contributed by atoms with E-state index in [0.29, 0.717) is 36.1 Å². The van der Waals surface area contributed by atoms with Gasteiger partial charge in [-0.3, -0.25) is 4.79 Å². The Morgan fingerprint density at radius 2 is 1.92 bits per heavy atom. The van der Waals surface area contributed by atoms with Crippen LogP contribution in [0.3, 0.4) is 0 Å². The zero-order valence-electron chi connectivity index (χ0n) is 13.9. The molecule has 0 aliphatic heterocycles. The molecule has 1 amide bonds. The molecule has 2 aromatic rings. The molecule has 1 N–H and O–H groups in total. The van der Waals surface area contributed by atoms with Crippen LogP contribution in [0.25, 0.3) is 0 Å². The molecule has 6 heteroatoms. The zero-order chi connectivity index (χ0) is 16.9. The van der Waals surface area contributed by atoms with Gasteiger partial charge in [-0.2, -0.15) is 5.10 Å². The number of ether oxygens (including phenoxy) is 2. The molecule has 126 valence electrons. The van der Waals surface area contributed by atoms with Crippen LogP contribution in [0.2, 0.25) is 0 Å². The lowest BCUT2D eigenvalue weighted by molar-refractivity contribution is 0.0948. The van der Waals surface area contributed by atoms with Gasteiger partial charge in [0.1, 0.15) is 0 Å². The molecular formula is C18H21N3O3. The Bertz CT molecular complexity index is 712. The lowest BCUT2D eigenvalue weighted by Gasteiger charge is -2.10. The summed E-state index contributed by atoms with van der Waals surface area (Å²) in [5, 5.41) is 11.0. The average molecular weight is 327 g/mol. The third-order valence-corrected chi connectivity index (χ3v) is 4.06. The Balaban J connectivity index is 1.52. The van der Waals surface area contributed by atoms with Crippen molar-refractivity contribution in [3.63, 3.8) is 0 Å². The summed E-state index contributed by atoms with van der Waals surface area (Å²) in [7, 11) is 3.21. The number of carbonyl (C=O) groups excluding carboxylic acids is 1. The van der Waals surface area contributed by atoms with Crippen LogP contribution >= 0.6 is 0 Å². The van der Waals surface area contributed by atoms with Crippen molar-refractivity contribution in [2.75, 3.05) is 20.8 Å². The van der Waals surface area contributed by atoms with Gasteiger partial charge in [0.2, 0.25) is 0 Å². The van der Waals surface area contributed by atoms with E-state index in [2.05, 4.69) is 15.5 Å². The number of benzene rings is 1. The number of hydrogen-bond acceptors (Lipinski definition) is 5. The molecule has 0 unspecified atom stereocenters. The van der Waals surface area contributed by atoms with Crippen molar-refractivity contribution in [3.8, 4) is 11.5 Å². The summed E-state index contributed by atoms with van der Waals surface area (Å²) >= 11 is 0. The van der Waals surface area contributed by atoms with E-state index in [9.17, 15) is 4.79 Å². The fourth-order valence-electron chi connectivity index (χ4n) is 2.51. The Kier molecular flexibility index (Phi) is 4.93. The van der Waals surface area contributed by atoms with E-state index in [0.717, 1.165) is 11.3 Å². The van der Waals surface area contributed by atoms with Crippen LogP contribution in [0.4, 0.5) is 0 Å². The minimum absolute atomic E-state index is 0.203. The second-order valence-electron chi connectivity index (χ2n) is 5.81. The minimum atomic E-state index is -0.203. The highest BCUT2D eigenvalue weighted by Crippen LogP contribution is 2.38. The van der Waals surface area contributed by atoms with Gasteiger partial charge in [0.05, 0.1) is 19.9 Å². The third-order valence-electron chi connectivity index (χ3n) is 4.06. The van der Waals surface area contributed by atoms with Crippen molar-refractivity contribution in [3.05, 3.63) is 47.3 Å². The molecule has 0 saturated heterocycles. The number of hydrogen-bond donors (Lipinski definition) is 1. The first-order valence-corrected chi connectivity index (χ1v) is 8.04. The van der Waals surface area contributed by atoms with Gasteiger partial charge < -0.3 is 14.8 Å². The molecule has 1 aliphatic rings. The number of nitrogens with zero attached hydrogens (tertiary/aromatic N) is 2. The first-order valence-electron chi connectivity index (χ1n) is 8.04. The fraction of sp³-hybridized carbons (Fsp3) is 0.389. The summed E-state index contributed by atoms with van der Waals surface area (Å²) in [6.07, 6.45) is 3.04. The highest BCUT2D eigenvalue weighted by atomic mass is 16.5. The smallest absolute Gasteiger partial charge is 0.271 e. The molecule has 0 bridgehead atoms. The Morgan fingerprint density at radius 3 is 2.54 bits per heavy atom. The van der Waals surface area contributed by atoms with E-state index in [1.54, 1.807) is 20.3 Å². The third kappa shape index (κ3) is 3.82. The number of rotatable bonds is 7. The van der Waals surface area contributed by atoms with E-state index in [1.807, 2.05) is 24.3 Å². The van der Waals surface area contributed by atoms with Gasteiger partial charge in [0.25, 0.3) is 5.91 Å². The van der Waals surface area contributed by atoms with Crippen molar-refractivity contribution in [1.29, 1.82) is 0 Å². The van der Waals surface area contributed by atoms with E-state index < -0.39 is 0 Å². The molecule has 1 aromatic carbocycles. The van der Waals surface area contributed by atoms with Gasteiger partial charge in [0, 0.05) is 12.5 Å². The van der Waals surface area contributed by atoms with Crippen LogP contribution in [0, 0.1) is 0 Å². The Labute approximate surface area is 141 Å². The van der Waals surface area contributed by atoms with Gasteiger partial charge >= 0.3 is 0 Å². The van der Waals surface area contributed by atoms with Crippen molar-refractivity contribution < 1.29 is 14.3 Å². The van der Waals surface area contributed by atoms with Crippen LogP contribution in [-0.4, -0.2) is 36.9 Å². The fourth-order valence-corrected chi connectivity index (χ4v) is 2.51. The average Bonchev–Trinajstić information content (AvgIpc) is 3.46. The first kappa shape index (κ1) is 16.2. The van der Waals surface area contributed by atoms with Gasteiger partial charge in [-0.15, -0.1) is 5.10 Å². The van der Waals surface area contributed by atoms with Crippen LogP contribution in [0.5, 0.6) is 11.5 Å². The summed E-state index contributed by atoms with van der Waals surface area (Å²) in [5.74, 6) is 1.71. The SMILES string of the molecule is COc1ccc(CCNC(=O)c2ccc(C3CC3)nn2)cc1OC. The molecule has 3 rings (SSSR count). The minimum Gasteiger partial charge on any atom is -0.493 e. The van der Waals surface area contributed by atoms with Gasteiger partial charge in [-0.1, -0.05) is 6.07 Å². The highest BCUT2D eigenvalue weighted by molar-refractivity contribution is 5.92. The van der Waals surface area contributed by atoms with E-state index >= 15 is 0 Å². The van der Waals surface area contributed by atoms with E-state index in [1.165, 1.54) is 12.8 Å². The topological polar surface area (TPSA) is 73.3 Å². The van der Waals surface area contributed by atoms with Crippen molar-refractivity contribution in [2.45, 2.75) is 25.2 Å². The Hall–Kier alpha value is -2.63. The van der Waals surface area contributed by atoms with Gasteiger partial charge in [-0.25, -0.2) is 0 Å². The molecule has 0 radical (unpaired) electrons. The molecule has 1 aromatic heterocycles. The number of amides is 1. The molecule has 24 heavy (non-hydrogen) atoms. The normalized spacial score (nSPS) is 13.4. The number of nitrogens with one attached hydrogen (secondary N) is 1. The van der Waals surface area contributed by atoms with Gasteiger partial charge in [0.15, 0.2) is 17.2 Å². The molecule has 1 fully saturated rings. The number of methoxy groups -OCH3 is 2. The summed E-state index contributed by atoms with van der Waals surface area (Å²) in [6.45, 7) is 0.514. The van der Waals surface area contributed by atoms with Crippen molar-refractivity contribution >= 4 is 5.91 Å². The number of aromatic nitrogens is 2. The highest BCUT2D eigenvalue weighted by Gasteiger charge is 2.25. The lowest BCUT2D eigenvalue weighted by atomic mass is 10.1. The molecule has 6 nitrogen and oxygen atoms in total. The molecular weight excluding hydrogens is 306 g/mol. The maximum Gasteiger partial charge on any atom is 0.271 e. The van der Waals surface area contributed by atoms with Crippen molar-refractivity contribution in [2.24, 2.45) is 0 Å². The standard InChI is InChI=1S/C18H21N3O3/c1-23-16-8-3-12(11-17(16)24-2)9-10-19-18(22)15-7-6-14(20-21-15)13-4-5-13/h3,6-8,11,13H,4-5,9-10H2,1-2H3,(H,19,22). The predicted molar refractivity (Wildman–Crippen MR) is 89.6 cm³/mol. The predicted octanol–water partition coefficient (Wildman–Crippen LogP) is 2.34. The van der Waals surface area contributed by atoms with Crippen LogP contribution in [0.1, 0.15) is 40.5 Å². The second kappa shape index (κ2) is 7.29. The van der Waals surface area contributed by atoms with Crippen LogP contribution in [-0.2, 0) is 6.42 Å². The second-order valence-corrected chi connectivity index (χ2v) is 5.81. The number of carbonyl (C=O) groups is 1. The molecule has 1 aliphatic carbocycles. The quantitative estimate of drug-likeness (QED) is 0.845. The molecule has 0 spiro atoms. The molecule has 1 heterocycles. The van der Waals surface area contributed by atoms with Gasteiger partial charge in [-0.05, 0) is 49.1 Å². The van der Waals surface area contributed by atoms with E-state index in [-0.39, 0.29) is 5.91 Å². The summed E-state index contributed by atoms with van der Waals surface area (Å²) in [6, 6.07) is 9.37. The maximum atomic E-state index is 12.1. The molecule has 0 atom stereocenters. The van der Waals surface area contributed by atoms with Crippen LogP contribution < -0.4 is 14.8 Å². The molecule has 1 saturated carbocycles. The summed E-state index contributed by atoms with van der Waals surface area (Å²) in [4.78, 5) is 12.1. The van der Waals surface area contributed by atoms with Crippen LogP contribution in [0.15, 0.2) is 30.3 Å². The van der Waals surface area contributed by atoms with Crippen molar-refractivity contribution in [1.82, 2.24) is 15.5 Å². The first-order chi connectivity index (χ1) is 11.7. The lowest BCUT2D eigenvalue weighted by Crippen LogP contribution is -2.26. The van der Waals surface area contributed by atoms with E-state index in [4.69, 9.17) is 9.47 Å². The Morgan fingerprint density at radius 1 is 1.12 bits per heavy atom. The monoisotopic (exact) mass is 327 g/mol. The summed E-state index contributed by atoms with van der Waals surface area (Å²) < 4.78 is 10.5. The maximum absolute atomic E-state index is 12.1. The zero-order valence-corrected chi connectivity index (χ0v) is 13.9. The largest absolute Gasteiger partial charge is 0.493 e.